The maximum absolute atomic E-state index is 12.5. The largest absolute Gasteiger partial charge is 0.330 e. The van der Waals surface area contributed by atoms with E-state index >= 15 is 0 Å². The molecule has 3 aromatic rings. The second-order valence-corrected chi connectivity index (χ2v) is 8.13. The molecule has 146 valence electrons. The molecule has 2 heterocycles. The molecule has 2 amide bonds. The molecule has 28 heavy (non-hydrogen) atoms. The minimum atomic E-state index is -0.0557. The first-order chi connectivity index (χ1) is 13.5. The minimum Gasteiger partial charge on any atom is -0.330 e. The highest BCUT2D eigenvalue weighted by Crippen LogP contribution is 2.24. The summed E-state index contributed by atoms with van der Waals surface area (Å²) in [6.07, 6.45) is 3.93. The second kappa shape index (κ2) is 7.84. The number of rotatable bonds is 3. The van der Waals surface area contributed by atoms with Crippen LogP contribution in [0.2, 0.25) is 5.02 Å². The molecule has 1 saturated heterocycles. The van der Waals surface area contributed by atoms with Gasteiger partial charge in [-0.3, -0.25) is 0 Å². The zero-order chi connectivity index (χ0) is 19.7. The van der Waals surface area contributed by atoms with Crippen LogP contribution < -0.4 is 5.32 Å². The number of aromatic nitrogens is 2. The number of halogens is 1. The first kappa shape index (κ1) is 18.8. The van der Waals surface area contributed by atoms with Gasteiger partial charge in [-0.1, -0.05) is 17.7 Å². The summed E-state index contributed by atoms with van der Waals surface area (Å²) in [5.41, 5.74) is 5.55. The number of piperidine rings is 1. The summed E-state index contributed by atoms with van der Waals surface area (Å²) in [5, 5.41) is 3.56. The van der Waals surface area contributed by atoms with Crippen molar-refractivity contribution in [3.05, 3.63) is 58.9 Å². The fourth-order valence-electron chi connectivity index (χ4n) is 3.82. The van der Waals surface area contributed by atoms with Crippen molar-refractivity contribution in [1.29, 1.82) is 0 Å². The number of imidazole rings is 1. The number of fused-ring (bicyclic) bond motifs is 1. The standard InChI is InChI=1S/C22H25ClN4O/c1-15-10-20-21(11-16(15)2)27(14-24-20)13-17-6-8-26(9-7-17)22(28)25-19-5-3-4-18(23)12-19/h3-5,10-12,14,17H,6-9,13H2,1-2H3,(H,25,28). The van der Waals surface area contributed by atoms with Crippen LogP contribution in [-0.4, -0.2) is 33.6 Å². The Morgan fingerprint density at radius 1 is 1.18 bits per heavy atom. The molecule has 0 radical (unpaired) electrons. The number of carbonyl (C=O) groups excluding carboxylic acids is 1. The van der Waals surface area contributed by atoms with E-state index in [0.717, 1.165) is 43.7 Å². The predicted molar refractivity (Wildman–Crippen MR) is 114 cm³/mol. The molecule has 1 fully saturated rings. The maximum atomic E-state index is 12.5. The van der Waals surface area contributed by atoms with Crippen LogP contribution in [-0.2, 0) is 6.54 Å². The monoisotopic (exact) mass is 396 g/mol. The molecule has 0 saturated carbocycles. The number of nitrogens with one attached hydrogen (secondary N) is 1. The van der Waals surface area contributed by atoms with Crippen molar-refractivity contribution in [3.8, 4) is 0 Å². The number of anilines is 1. The Balaban J connectivity index is 1.35. The Kier molecular flexibility index (Phi) is 5.27. The lowest BCUT2D eigenvalue weighted by molar-refractivity contribution is 0.177. The minimum absolute atomic E-state index is 0.0557. The Bertz CT molecular complexity index is 1000. The first-order valence-electron chi connectivity index (χ1n) is 9.73. The third-order valence-electron chi connectivity index (χ3n) is 5.67. The van der Waals surface area contributed by atoms with Gasteiger partial charge < -0.3 is 14.8 Å². The maximum Gasteiger partial charge on any atom is 0.321 e. The molecule has 4 rings (SSSR count). The first-order valence-corrected chi connectivity index (χ1v) is 10.1. The van der Waals surface area contributed by atoms with Crippen LogP contribution >= 0.6 is 11.6 Å². The van der Waals surface area contributed by atoms with Crippen molar-refractivity contribution in [2.45, 2.75) is 33.2 Å². The van der Waals surface area contributed by atoms with E-state index in [4.69, 9.17) is 11.6 Å². The smallest absolute Gasteiger partial charge is 0.321 e. The lowest BCUT2D eigenvalue weighted by atomic mass is 9.97. The van der Waals surface area contributed by atoms with Crippen LogP contribution in [0.1, 0.15) is 24.0 Å². The molecule has 0 aliphatic carbocycles. The second-order valence-electron chi connectivity index (χ2n) is 7.69. The molecule has 1 aliphatic heterocycles. The van der Waals surface area contributed by atoms with E-state index in [2.05, 4.69) is 40.8 Å². The van der Waals surface area contributed by atoms with E-state index in [-0.39, 0.29) is 6.03 Å². The van der Waals surface area contributed by atoms with Gasteiger partial charge >= 0.3 is 6.03 Å². The van der Waals surface area contributed by atoms with Crippen LogP contribution in [0.15, 0.2) is 42.7 Å². The lowest BCUT2D eigenvalue weighted by Crippen LogP contribution is -2.41. The Morgan fingerprint density at radius 3 is 2.68 bits per heavy atom. The molecule has 5 nitrogen and oxygen atoms in total. The van der Waals surface area contributed by atoms with Crippen LogP contribution in [0.3, 0.4) is 0 Å². The van der Waals surface area contributed by atoms with E-state index in [0.29, 0.717) is 10.9 Å². The fraction of sp³-hybridized carbons (Fsp3) is 0.364. The molecular weight excluding hydrogens is 372 g/mol. The van der Waals surface area contributed by atoms with E-state index < -0.39 is 0 Å². The quantitative estimate of drug-likeness (QED) is 0.657. The van der Waals surface area contributed by atoms with Crippen LogP contribution in [0.5, 0.6) is 0 Å². The number of urea groups is 1. The molecule has 1 aliphatic rings. The fourth-order valence-corrected chi connectivity index (χ4v) is 4.01. The van der Waals surface area contributed by atoms with Crippen molar-refractivity contribution in [3.63, 3.8) is 0 Å². The van der Waals surface area contributed by atoms with Gasteiger partial charge in [-0.15, -0.1) is 0 Å². The Hall–Kier alpha value is -2.53. The molecule has 0 bridgehead atoms. The van der Waals surface area contributed by atoms with Gasteiger partial charge in [-0.05, 0) is 74.1 Å². The van der Waals surface area contributed by atoms with Gasteiger partial charge in [0.15, 0.2) is 0 Å². The highest BCUT2D eigenvalue weighted by molar-refractivity contribution is 6.30. The van der Waals surface area contributed by atoms with E-state index in [9.17, 15) is 4.79 Å². The number of aryl methyl sites for hydroxylation is 2. The highest BCUT2D eigenvalue weighted by atomic mass is 35.5. The molecule has 0 unspecified atom stereocenters. The number of hydrogen-bond acceptors (Lipinski definition) is 2. The normalized spacial score (nSPS) is 15.2. The molecule has 2 aromatic carbocycles. The summed E-state index contributed by atoms with van der Waals surface area (Å²) in [6.45, 7) is 6.74. The summed E-state index contributed by atoms with van der Waals surface area (Å²) >= 11 is 5.99. The summed E-state index contributed by atoms with van der Waals surface area (Å²) < 4.78 is 2.26. The van der Waals surface area contributed by atoms with Gasteiger partial charge in [0.2, 0.25) is 0 Å². The lowest BCUT2D eigenvalue weighted by Gasteiger charge is -2.32. The van der Waals surface area contributed by atoms with E-state index in [1.54, 1.807) is 12.1 Å². The molecule has 6 heteroatoms. The highest BCUT2D eigenvalue weighted by Gasteiger charge is 2.23. The Labute approximate surface area is 170 Å². The van der Waals surface area contributed by atoms with Crippen molar-refractivity contribution in [2.24, 2.45) is 5.92 Å². The van der Waals surface area contributed by atoms with Crippen molar-refractivity contribution < 1.29 is 4.79 Å². The summed E-state index contributed by atoms with van der Waals surface area (Å²) in [6, 6.07) is 11.6. The van der Waals surface area contributed by atoms with E-state index in [1.165, 1.54) is 16.6 Å². The Morgan fingerprint density at radius 2 is 1.93 bits per heavy atom. The van der Waals surface area contributed by atoms with Gasteiger partial charge in [0, 0.05) is 30.3 Å². The van der Waals surface area contributed by atoms with Crippen LogP contribution in [0.25, 0.3) is 11.0 Å². The number of amides is 2. The summed E-state index contributed by atoms with van der Waals surface area (Å²) in [5.74, 6) is 0.550. The van der Waals surface area contributed by atoms with Gasteiger partial charge in [0.1, 0.15) is 0 Å². The number of likely N-dealkylation sites (tertiary alicyclic amines) is 1. The topological polar surface area (TPSA) is 50.2 Å². The van der Waals surface area contributed by atoms with Gasteiger partial charge in [0.25, 0.3) is 0 Å². The molecular formula is C22H25ClN4O. The molecule has 0 atom stereocenters. The van der Waals surface area contributed by atoms with Crippen molar-refractivity contribution >= 4 is 34.4 Å². The van der Waals surface area contributed by atoms with Crippen LogP contribution in [0, 0.1) is 19.8 Å². The summed E-state index contributed by atoms with van der Waals surface area (Å²) in [7, 11) is 0. The van der Waals surface area contributed by atoms with Crippen molar-refractivity contribution in [1.82, 2.24) is 14.5 Å². The average Bonchev–Trinajstić information content (AvgIpc) is 3.04. The average molecular weight is 397 g/mol. The van der Waals surface area contributed by atoms with Crippen LogP contribution in [0.4, 0.5) is 10.5 Å². The third kappa shape index (κ3) is 3.99. The van der Waals surface area contributed by atoms with Gasteiger partial charge in [0.05, 0.1) is 17.4 Å². The molecule has 1 aromatic heterocycles. The number of hydrogen-bond donors (Lipinski definition) is 1. The number of carbonyl (C=O) groups is 1. The SMILES string of the molecule is Cc1cc2ncn(CC3CCN(C(=O)Nc4cccc(Cl)c4)CC3)c2cc1C. The van der Waals surface area contributed by atoms with Gasteiger partial charge in [-0.25, -0.2) is 9.78 Å². The predicted octanol–water partition coefficient (Wildman–Crippen LogP) is 5.25. The third-order valence-corrected chi connectivity index (χ3v) is 5.90. The molecule has 0 spiro atoms. The summed E-state index contributed by atoms with van der Waals surface area (Å²) in [4.78, 5) is 18.9. The van der Waals surface area contributed by atoms with Crippen molar-refractivity contribution in [2.75, 3.05) is 18.4 Å². The van der Waals surface area contributed by atoms with E-state index in [1.807, 2.05) is 23.4 Å². The number of benzene rings is 2. The zero-order valence-electron chi connectivity index (χ0n) is 16.3. The zero-order valence-corrected chi connectivity index (χ0v) is 17.0. The number of nitrogens with zero attached hydrogens (tertiary/aromatic N) is 3. The van der Waals surface area contributed by atoms with Gasteiger partial charge in [-0.2, -0.15) is 0 Å². The molecule has 1 N–H and O–H groups in total.